The molecule has 1 unspecified atom stereocenters. The van der Waals surface area contributed by atoms with Gasteiger partial charge < -0.3 is 15.5 Å². The van der Waals surface area contributed by atoms with Crippen molar-refractivity contribution < 1.29 is 4.79 Å². The van der Waals surface area contributed by atoms with Gasteiger partial charge in [-0.2, -0.15) is 0 Å². The monoisotopic (exact) mass is 311 g/mol. The first kappa shape index (κ1) is 13.5. The molecule has 5 heteroatoms. The molecule has 0 saturated carbocycles. The van der Waals surface area contributed by atoms with E-state index < -0.39 is 0 Å². The summed E-state index contributed by atoms with van der Waals surface area (Å²) in [6.45, 7) is 4.58. The van der Waals surface area contributed by atoms with E-state index in [0.717, 1.165) is 35.4 Å². The minimum absolute atomic E-state index is 0.0303. The first-order valence-corrected chi connectivity index (χ1v) is 6.84. The second-order valence-electron chi connectivity index (χ2n) is 4.72. The van der Waals surface area contributed by atoms with Crippen LogP contribution in [0, 0.1) is 6.92 Å². The number of nitrogens with one attached hydrogen (secondary N) is 2. The minimum atomic E-state index is -0.137. The standard InChI is InChI=1S/C13H18BrN3O/c1-9-3-4-10(14)7-11(9)16-13(18)12-8-17(2)6-5-15-12/h3-4,7,12,15H,5-6,8H2,1-2H3,(H,16,18). The number of carbonyl (C=O) groups excluding carboxylic acids is 1. The summed E-state index contributed by atoms with van der Waals surface area (Å²) < 4.78 is 0.970. The fourth-order valence-corrected chi connectivity index (χ4v) is 2.38. The third-order valence-corrected chi connectivity index (χ3v) is 3.65. The van der Waals surface area contributed by atoms with E-state index >= 15 is 0 Å². The summed E-state index contributed by atoms with van der Waals surface area (Å²) in [6, 6.07) is 5.75. The molecule has 1 aliphatic rings. The number of hydrogen-bond donors (Lipinski definition) is 2. The number of aryl methyl sites for hydroxylation is 1. The zero-order valence-electron chi connectivity index (χ0n) is 10.7. The molecule has 4 nitrogen and oxygen atoms in total. The average Bonchev–Trinajstić information content (AvgIpc) is 2.34. The molecule has 0 radical (unpaired) electrons. The highest BCUT2D eigenvalue weighted by atomic mass is 79.9. The Labute approximate surface area is 116 Å². The van der Waals surface area contributed by atoms with Crippen molar-refractivity contribution in [3.8, 4) is 0 Å². The third kappa shape index (κ3) is 3.31. The van der Waals surface area contributed by atoms with Gasteiger partial charge in [0.2, 0.25) is 5.91 Å². The number of likely N-dealkylation sites (N-methyl/N-ethyl adjacent to an activating group) is 1. The highest BCUT2D eigenvalue weighted by molar-refractivity contribution is 9.10. The van der Waals surface area contributed by atoms with Gasteiger partial charge >= 0.3 is 0 Å². The number of halogens is 1. The topological polar surface area (TPSA) is 44.4 Å². The van der Waals surface area contributed by atoms with Gasteiger partial charge in [-0.25, -0.2) is 0 Å². The van der Waals surface area contributed by atoms with E-state index in [1.54, 1.807) is 0 Å². The van der Waals surface area contributed by atoms with E-state index in [2.05, 4.69) is 31.5 Å². The number of hydrogen-bond acceptors (Lipinski definition) is 3. The van der Waals surface area contributed by atoms with Crippen LogP contribution in [0.5, 0.6) is 0 Å². The Morgan fingerprint density at radius 1 is 1.56 bits per heavy atom. The van der Waals surface area contributed by atoms with Crippen molar-refractivity contribution in [2.75, 3.05) is 32.0 Å². The Bertz CT molecular complexity index is 450. The van der Waals surface area contributed by atoms with Crippen LogP contribution < -0.4 is 10.6 Å². The van der Waals surface area contributed by atoms with Crippen molar-refractivity contribution in [1.82, 2.24) is 10.2 Å². The predicted molar refractivity (Wildman–Crippen MR) is 76.8 cm³/mol. The van der Waals surface area contributed by atoms with E-state index in [0.29, 0.717) is 0 Å². The van der Waals surface area contributed by atoms with Gasteiger partial charge in [-0.1, -0.05) is 22.0 Å². The lowest BCUT2D eigenvalue weighted by Crippen LogP contribution is -2.54. The number of rotatable bonds is 2. The van der Waals surface area contributed by atoms with Gasteiger partial charge in [0.25, 0.3) is 0 Å². The number of piperazine rings is 1. The highest BCUT2D eigenvalue weighted by Gasteiger charge is 2.23. The van der Waals surface area contributed by atoms with Crippen LogP contribution in [-0.4, -0.2) is 43.5 Å². The van der Waals surface area contributed by atoms with E-state index in [9.17, 15) is 4.79 Å². The lowest BCUT2D eigenvalue weighted by Gasteiger charge is -2.30. The van der Waals surface area contributed by atoms with Crippen LogP contribution in [0.4, 0.5) is 5.69 Å². The molecule has 0 bridgehead atoms. The van der Waals surface area contributed by atoms with Gasteiger partial charge in [0.15, 0.2) is 0 Å². The maximum Gasteiger partial charge on any atom is 0.242 e. The van der Waals surface area contributed by atoms with E-state index in [1.165, 1.54) is 0 Å². The number of carbonyl (C=O) groups is 1. The summed E-state index contributed by atoms with van der Waals surface area (Å²) in [5.74, 6) is 0.0303. The number of amides is 1. The van der Waals surface area contributed by atoms with Gasteiger partial charge in [0.1, 0.15) is 0 Å². The predicted octanol–water partition coefficient (Wildman–Crippen LogP) is 1.60. The van der Waals surface area contributed by atoms with Gasteiger partial charge in [0, 0.05) is 29.8 Å². The fourth-order valence-electron chi connectivity index (χ4n) is 2.02. The lowest BCUT2D eigenvalue weighted by atomic mass is 10.1. The summed E-state index contributed by atoms with van der Waals surface area (Å²) >= 11 is 3.42. The number of anilines is 1. The van der Waals surface area contributed by atoms with Crippen LogP contribution in [-0.2, 0) is 4.79 Å². The Morgan fingerprint density at radius 3 is 3.06 bits per heavy atom. The van der Waals surface area contributed by atoms with Crippen LogP contribution in [0.2, 0.25) is 0 Å². The summed E-state index contributed by atoms with van der Waals surface area (Å²) in [5, 5.41) is 6.22. The number of nitrogens with zero attached hydrogens (tertiary/aromatic N) is 1. The normalized spacial score (nSPS) is 20.7. The van der Waals surface area contributed by atoms with Crippen molar-refractivity contribution in [1.29, 1.82) is 0 Å². The van der Waals surface area contributed by atoms with E-state index in [4.69, 9.17) is 0 Å². The molecule has 1 aromatic rings. The first-order chi connectivity index (χ1) is 8.56. The fraction of sp³-hybridized carbons (Fsp3) is 0.462. The van der Waals surface area contributed by atoms with Crippen molar-refractivity contribution in [2.24, 2.45) is 0 Å². The average molecular weight is 312 g/mol. The van der Waals surface area contributed by atoms with Crippen LogP contribution >= 0.6 is 15.9 Å². The molecule has 0 spiro atoms. The second-order valence-corrected chi connectivity index (χ2v) is 5.63. The smallest absolute Gasteiger partial charge is 0.242 e. The molecule has 1 aromatic carbocycles. The SMILES string of the molecule is Cc1ccc(Br)cc1NC(=O)C1CN(C)CCN1. The molecule has 1 fully saturated rings. The Kier molecular flexibility index (Phi) is 4.37. The van der Waals surface area contributed by atoms with Gasteiger partial charge in [-0.15, -0.1) is 0 Å². The zero-order chi connectivity index (χ0) is 13.1. The molecule has 2 rings (SSSR count). The summed E-state index contributed by atoms with van der Waals surface area (Å²) in [5.41, 5.74) is 1.93. The molecule has 98 valence electrons. The molecule has 0 aliphatic carbocycles. The Hall–Kier alpha value is -0.910. The molecule has 0 aromatic heterocycles. The van der Waals surface area contributed by atoms with E-state index in [1.807, 2.05) is 32.2 Å². The van der Waals surface area contributed by atoms with Crippen LogP contribution in [0.3, 0.4) is 0 Å². The van der Waals surface area contributed by atoms with Gasteiger partial charge in [-0.05, 0) is 31.7 Å². The third-order valence-electron chi connectivity index (χ3n) is 3.15. The van der Waals surface area contributed by atoms with E-state index in [-0.39, 0.29) is 11.9 Å². The molecule has 18 heavy (non-hydrogen) atoms. The summed E-state index contributed by atoms with van der Waals surface area (Å²) in [6.07, 6.45) is 0. The first-order valence-electron chi connectivity index (χ1n) is 6.05. The largest absolute Gasteiger partial charge is 0.324 e. The second kappa shape index (κ2) is 5.82. The Morgan fingerprint density at radius 2 is 2.33 bits per heavy atom. The molecular formula is C13H18BrN3O. The maximum absolute atomic E-state index is 12.2. The van der Waals surface area contributed by atoms with Crippen molar-refractivity contribution in [2.45, 2.75) is 13.0 Å². The minimum Gasteiger partial charge on any atom is -0.324 e. The molecule has 1 saturated heterocycles. The molecular weight excluding hydrogens is 294 g/mol. The van der Waals surface area contributed by atoms with Gasteiger partial charge in [-0.3, -0.25) is 4.79 Å². The molecule has 1 amide bonds. The molecule has 1 heterocycles. The molecule has 1 aliphatic heterocycles. The maximum atomic E-state index is 12.2. The Balaban J connectivity index is 2.04. The van der Waals surface area contributed by atoms with Crippen LogP contribution in [0.15, 0.2) is 22.7 Å². The summed E-state index contributed by atoms with van der Waals surface area (Å²) in [4.78, 5) is 14.3. The highest BCUT2D eigenvalue weighted by Crippen LogP contribution is 2.20. The van der Waals surface area contributed by atoms with Crippen molar-refractivity contribution in [3.63, 3.8) is 0 Å². The number of benzene rings is 1. The van der Waals surface area contributed by atoms with Crippen LogP contribution in [0.1, 0.15) is 5.56 Å². The van der Waals surface area contributed by atoms with Crippen molar-refractivity contribution in [3.05, 3.63) is 28.2 Å². The summed E-state index contributed by atoms with van der Waals surface area (Å²) in [7, 11) is 2.03. The zero-order valence-corrected chi connectivity index (χ0v) is 12.3. The lowest BCUT2D eigenvalue weighted by molar-refractivity contribution is -0.119. The van der Waals surface area contributed by atoms with Gasteiger partial charge in [0.05, 0.1) is 6.04 Å². The molecule has 1 atom stereocenters. The van der Waals surface area contributed by atoms with Crippen molar-refractivity contribution >= 4 is 27.5 Å². The molecule has 2 N–H and O–H groups in total. The quantitative estimate of drug-likeness (QED) is 0.872. The van der Waals surface area contributed by atoms with Crippen LogP contribution in [0.25, 0.3) is 0 Å².